The van der Waals surface area contributed by atoms with Crippen LogP contribution in [-0.4, -0.2) is 10.7 Å². The highest BCUT2D eigenvalue weighted by atomic mass is 16.3. The fourth-order valence-corrected chi connectivity index (χ4v) is 3.06. The molecule has 2 saturated carbocycles. The van der Waals surface area contributed by atoms with Gasteiger partial charge in [-0.2, -0.15) is 0 Å². The van der Waals surface area contributed by atoms with Gasteiger partial charge in [-0.1, -0.05) is 27.7 Å². The first-order valence-electron chi connectivity index (χ1n) is 5.70. The summed E-state index contributed by atoms with van der Waals surface area (Å²) in [6, 6.07) is 0. The van der Waals surface area contributed by atoms with Crippen LogP contribution in [0.4, 0.5) is 0 Å². The zero-order chi connectivity index (χ0) is 9.80. The molecule has 13 heavy (non-hydrogen) atoms. The van der Waals surface area contributed by atoms with Gasteiger partial charge in [0.2, 0.25) is 0 Å². The average molecular weight is 182 g/mol. The summed E-state index contributed by atoms with van der Waals surface area (Å²) >= 11 is 0. The minimum absolute atomic E-state index is 0.334. The lowest BCUT2D eigenvalue weighted by Gasteiger charge is -2.33. The van der Waals surface area contributed by atoms with Gasteiger partial charge < -0.3 is 5.11 Å². The molecule has 1 N–H and O–H groups in total. The fourth-order valence-electron chi connectivity index (χ4n) is 3.06. The van der Waals surface area contributed by atoms with Crippen molar-refractivity contribution in [3.63, 3.8) is 0 Å². The molecule has 0 aromatic heterocycles. The second-order valence-electron chi connectivity index (χ2n) is 5.68. The second-order valence-corrected chi connectivity index (χ2v) is 5.68. The first-order chi connectivity index (χ1) is 5.98. The monoisotopic (exact) mass is 182 g/mol. The Morgan fingerprint density at radius 3 is 1.54 bits per heavy atom. The highest BCUT2D eigenvalue weighted by Gasteiger charge is 2.60. The summed E-state index contributed by atoms with van der Waals surface area (Å²) in [6.45, 7) is 8.89. The van der Waals surface area contributed by atoms with E-state index in [0.717, 1.165) is 11.8 Å². The second kappa shape index (κ2) is 2.73. The smallest absolute Gasteiger partial charge is 0.0731 e. The molecular weight excluding hydrogens is 160 g/mol. The molecule has 0 radical (unpaired) electrons. The van der Waals surface area contributed by atoms with Gasteiger partial charge in [-0.15, -0.1) is 0 Å². The summed E-state index contributed by atoms with van der Waals surface area (Å²) in [5, 5.41) is 10.7. The van der Waals surface area contributed by atoms with E-state index < -0.39 is 0 Å². The van der Waals surface area contributed by atoms with Crippen LogP contribution >= 0.6 is 0 Å². The normalized spacial score (nSPS) is 43.8. The van der Waals surface area contributed by atoms with Crippen LogP contribution in [0, 0.1) is 29.6 Å². The Balaban J connectivity index is 2.11. The van der Waals surface area contributed by atoms with Crippen molar-refractivity contribution in [2.75, 3.05) is 0 Å². The number of hydrogen-bond donors (Lipinski definition) is 1. The Morgan fingerprint density at radius 2 is 1.38 bits per heavy atom. The van der Waals surface area contributed by atoms with Crippen LogP contribution in [0.3, 0.4) is 0 Å². The first kappa shape index (κ1) is 9.51. The zero-order valence-corrected chi connectivity index (χ0v) is 9.25. The number of aliphatic hydroxyl groups is 1. The Morgan fingerprint density at radius 1 is 1.08 bits per heavy atom. The molecule has 2 rings (SSSR count). The van der Waals surface area contributed by atoms with E-state index in [1.807, 2.05) is 0 Å². The van der Waals surface area contributed by atoms with Crippen LogP contribution in [0.5, 0.6) is 0 Å². The average Bonchev–Trinajstić information content (AvgIpc) is 2.89. The molecule has 0 amide bonds. The molecule has 2 fully saturated rings. The lowest BCUT2D eigenvalue weighted by Crippen LogP contribution is -2.41. The summed E-state index contributed by atoms with van der Waals surface area (Å²) in [4.78, 5) is 0. The predicted octanol–water partition coefficient (Wildman–Crippen LogP) is 2.69. The van der Waals surface area contributed by atoms with Gasteiger partial charge in [0.1, 0.15) is 0 Å². The maximum Gasteiger partial charge on any atom is 0.0731 e. The molecule has 0 aliphatic heterocycles. The van der Waals surface area contributed by atoms with Gasteiger partial charge in [-0.25, -0.2) is 0 Å². The fraction of sp³-hybridized carbons (Fsp3) is 1.00. The third-order valence-corrected chi connectivity index (χ3v) is 4.33. The van der Waals surface area contributed by atoms with Gasteiger partial charge in [0, 0.05) is 0 Å². The molecule has 2 aliphatic carbocycles. The van der Waals surface area contributed by atoms with Crippen molar-refractivity contribution in [3.05, 3.63) is 0 Å². The Kier molecular flexibility index (Phi) is 1.99. The van der Waals surface area contributed by atoms with E-state index in [1.54, 1.807) is 0 Å². The van der Waals surface area contributed by atoms with Gasteiger partial charge in [0.05, 0.1) is 5.60 Å². The molecule has 2 aliphatic rings. The number of rotatable bonds is 3. The van der Waals surface area contributed by atoms with Crippen molar-refractivity contribution in [2.24, 2.45) is 29.6 Å². The molecule has 0 aromatic rings. The lowest BCUT2D eigenvalue weighted by molar-refractivity contribution is -0.0544. The van der Waals surface area contributed by atoms with Crippen LogP contribution in [-0.2, 0) is 0 Å². The van der Waals surface area contributed by atoms with E-state index in [4.69, 9.17) is 0 Å². The molecule has 0 aromatic carbocycles. The van der Waals surface area contributed by atoms with Crippen molar-refractivity contribution < 1.29 is 5.11 Å². The van der Waals surface area contributed by atoms with Crippen molar-refractivity contribution in [1.29, 1.82) is 0 Å². The zero-order valence-electron chi connectivity index (χ0n) is 9.25. The van der Waals surface area contributed by atoms with Crippen molar-refractivity contribution in [3.8, 4) is 0 Å². The molecule has 0 heterocycles. The quantitative estimate of drug-likeness (QED) is 0.711. The van der Waals surface area contributed by atoms with Crippen molar-refractivity contribution in [2.45, 2.75) is 46.1 Å². The third kappa shape index (κ3) is 1.32. The Bertz CT molecular complexity index is 193. The van der Waals surface area contributed by atoms with Crippen molar-refractivity contribution >= 4 is 0 Å². The van der Waals surface area contributed by atoms with E-state index in [0.29, 0.717) is 17.8 Å². The highest BCUT2D eigenvalue weighted by Crippen LogP contribution is 2.60. The van der Waals surface area contributed by atoms with Crippen LogP contribution < -0.4 is 0 Å². The highest BCUT2D eigenvalue weighted by molar-refractivity contribution is 5.10. The van der Waals surface area contributed by atoms with E-state index in [2.05, 4.69) is 27.7 Å². The summed E-state index contributed by atoms with van der Waals surface area (Å²) in [7, 11) is 0. The maximum absolute atomic E-state index is 10.7. The first-order valence-corrected chi connectivity index (χ1v) is 5.70. The summed E-state index contributed by atoms with van der Waals surface area (Å²) in [5.74, 6) is 3.16. The van der Waals surface area contributed by atoms with Gasteiger partial charge in [0.15, 0.2) is 0 Å². The molecule has 0 spiro atoms. The minimum atomic E-state index is -0.334. The SMILES string of the molecule is CC(C)C(O)([C@@H]1C[C@@H]1C)[C@@H]1C[C@@H]1C. The van der Waals surface area contributed by atoms with Crippen LogP contribution in [0.1, 0.15) is 40.5 Å². The molecule has 1 heteroatoms. The molecule has 0 bridgehead atoms. The molecule has 76 valence electrons. The van der Waals surface area contributed by atoms with E-state index in [9.17, 15) is 5.11 Å². The van der Waals surface area contributed by atoms with Gasteiger partial charge in [-0.05, 0) is 42.4 Å². The molecule has 0 saturated heterocycles. The molecule has 0 unspecified atom stereocenters. The minimum Gasteiger partial charge on any atom is -0.389 e. The topological polar surface area (TPSA) is 20.2 Å². The number of hydrogen-bond acceptors (Lipinski definition) is 1. The summed E-state index contributed by atoms with van der Waals surface area (Å²) in [5.41, 5.74) is -0.334. The van der Waals surface area contributed by atoms with Gasteiger partial charge >= 0.3 is 0 Å². The van der Waals surface area contributed by atoms with E-state index in [-0.39, 0.29) is 5.60 Å². The summed E-state index contributed by atoms with van der Waals surface area (Å²) < 4.78 is 0. The third-order valence-electron chi connectivity index (χ3n) is 4.33. The van der Waals surface area contributed by atoms with Crippen molar-refractivity contribution in [1.82, 2.24) is 0 Å². The van der Waals surface area contributed by atoms with Crippen LogP contribution in [0.25, 0.3) is 0 Å². The summed E-state index contributed by atoms with van der Waals surface area (Å²) in [6.07, 6.45) is 2.50. The van der Waals surface area contributed by atoms with E-state index in [1.165, 1.54) is 12.8 Å². The largest absolute Gasteiger partial charge is 0.389 e. The van der Waals surface area contributed by atoms with Gasteiger partial charge in [0.25, 0.3) is 0 Å². The molecule has 4 atom stereocenters. The molecular formula is C12H22O. The Labute approximate surface area is 81.5 Å². The lowest BCUT2D eigenvalue weighted by atomic mass is 9.79. The standard InChI is InChI=1S/C12H22O/c1-7(2)12(13,10-5-8(10)3)11-6-9(11)4/h7-11,13H,5-6H2,1-4H3/t8-,9-,10+,11+/m0/s1. The Hall–Kier alpha value is -0.0400. The van der Waals surface area contributed by atoms with Crippen LogP contribution in [0.15, 0.2) is 0 Å². The van der Waals surface area contributed by atoms with Crippen LogP contribution in [0.2, 0.25) is 0 Å². The predicted molar refractivity (Wildman–Crippen MR) is 54.3 cm³/mol. The van der Waals surface area contributed by atoms with Gasteiger partial charge in [-0.3, -0.25) is 0 Å². The molecule has 1 nitrogen and oxygen atoms in total. The van der Waals surface area contributed by atoms with E-state index >= 15 is 0 Å². The maximum atomic E-state index is 10.7.